The number of unbranched alkanes of at least 4 members (excludes halogenated alkanes) is 5. The number of hydrogen-bond acceptors (Lipinski definition) is 0. The summed E-state index contributed by atoms with van der Waals surface area (Å²) in [5.41, 5.74) is 0. The molecule has 0 unspecified atom stereocenters. The summed E-state index contributed by atoms with van der Waals surface area (Å²) in [4.78, 5) is 0. The lowest BCUT2D eigenvalue weighted by Crippen LogP contribution is -3.00. The summed E-state index contributed by atoms with van der Waals surface area (Å²) in [6.45, 7) is 2.64. The van der Waals surface area contributed by atoms with Crippen LogP contribution in [0.2, 0.25) is 0 Å². The van der Waals surface area contributed by atoms with Crippen molar-refractivity contribution in [1.29, 1.82) is 0 Å². The Morgan fingerprint density at radius 3 is 0.889 bits per heavy atom. The number of quaternary nitrogens is 2. The minimum absolute atomic E-state index is 0. The van der Waals surface area contributed by atoms with Gasteiger partial charge in [-0.05, 0) is 25.7 Å². The van der Waals surface area contributed by atoms with Gasteiger partial charge in [0.25, 0.3) is 0 Å². The Bertz CT molecular complexity index is 152. The van der Waals surface area contributed by atoms with Crippen molar-refractivity contribution >= 4 is 0 Å². The van der Waals surface area contributed by atoms with Crippen LogP contribution in [-0.2, 0) is 0 Å². The summed E-state index contributed by atoms with van der Waals surface area (Å²) >= 11 is 0. The quantitative estimate of drug-likeness (QED) is 0.287. The molecule has 0 fully saturated rings. The summed E-state index contributed by atoms with van der Waals surface area (Å²) in [6.07, 6.45) is 8.46. The van der Waals surface area contributed by atoms with E-state index in [2.05, 4.69) is 42.3 Å². The zero-order valence-electron chi connectivity index (χ0n) is 13.3. The molecule has 0 atom stereocenters. The van der Waals surface area contributed by atoms with Gasteiger partial charge in [0, 0.05) is 0 Å². The molecule has 0 aromatic heterocycles. The first-order valence-corrected chi connectivity index (χ1v) is 6.82. The van der Waals surface area contributed by atoms with Crippen LogP contribution in [0.3, 0.4) is 0 Å². The molecule has 18 heavy (non-hydrogen) atoms. The second kappa shape index (κ2) is 11.7. The maximum absolute atomic E-state index is 2.28. The van der Waals surface area contributed by atoms with Gasteiger partial charge in [0.05, 0.1) is 55.4 Å². The largest absolute Gasteiger partial charge is 1.00 e. The van der Waals surface area contributed by atoms with Gasteiger partial charge in [-0.15, -0.1) is 0 Å². The summed E-state index contributed by atoms with van der Waals surface area (Å²) in [7, 11) is 13.7. The Morgan fingerprint density at radius 1 is 0.444 bits per heavy atom. The van der Waals surface area contributed by atoms with E-state index in [1.54, 1.807) is 0 Å². The highest BCUT2D eigenvalue weighted by molar-refractivity contribution is 4.45. The molecule has 0 aliphatic heterocycles. The summed E-state index contributed by atoms with van der Waals surface area (Å²) < 4.78 is 2.23. The van der Waals surface area contributed by atoms with Crippen LogP contribution < -0.4 is 34.0 Å². The van der Waals surface area contributed by atoms with E-state index in [0.717, 1.165) is 8.97 Å². The van der Waals surface area contributed by atoms with Crippen molar-refractivity contribution in [2.45, 2.75) is 38.5 Å². The van der Waals surface area contributed by atoms with E-state index < -0.39 is 0 Å². The zero-order chi connectivity index (χ0) is 12.7. The van der Waals surface area contributed by atoms with E-state index in [1.807, 2.05) is 0 Å². The first-order valence-electron chi connectivity index (χ1n) is 6.82. The molecular formula is C14H34Br2N2. The SMILES string of the molecule is C[N+](C)(C)CCCCCCCC[N+](C)(C)C.[Br-].[Br-]. The molecule has 0 rings (SSSR count). The predicted molar refractivity (Wildman–Crippen MR) is 73.5 cm³/mol. The summed E-state index contributed by atoms with van der Waals surface area (Å²) in [5, 5.41) is 0. The fourth-order valence-electron chi connectivity index (χ4n) is 1.88. The fourth-order valence-corrected chi connectivity index (χ4v) is 1.88. The third kappa shape index (κ3) is 22.1. The van der Waals surface area contributed by atoms with Crippen molar-refractivity contribution in [3.8, 4) is 0 Å². The van der Waals surface area contributed by atoms with Gasteiger partial charge in [-0.3, -0.25) is 0 Å². The second-order valence-corrected chi connectivity index (χ2v) is 7.15. The molecule has 0 bridgehead atoms. The standard InChI is InChI=1S/C14H34N2.2BrH/c1-15(2,3)13-11-9-7-8-10-12-14-16(4,5)6;;/h7-14H2,1-6H3;2*1H/q+2;;/p-2. The molecule has 4 heteroatoms. The van der Waals surface area contributed by atoms with E-state index in [4.69, 9.17) is 0 Å². The van der Waals surface area contributed by atoms with E-state index in [0.29, 0.717) is 0 Å². The van der Waals surface area contributed by atoms with E-state index in [-0.39, 0.29) is 34.0 Å². The molecule has 2 nitrogen and oxygen atoms in total. The van der Waals surface area contributed by atoms with E-state index >= 15 is 0 Å². The lowest BCUT2D eigenvalue weighted by Gasteiger charge is -2.24. The highest BCUT2D eigenvalue weighted by atomic mass is 79.9. The normalized spacial score (nSPS) is 11.7. The first kappa shape index (κ1) is 23.9. The molecule has 0 spiro atoms. The van der Waals surface area contributed by atoms with Crippen molar-refractivity contribution in [2.75, 3.05) is 55.4 Å². The average molecular weight is 390 g/mol. The van der Waals surface area contributed by atoms with Crippen LogP contribution in [0.5, 0.6) is 0 Å². The van der Waals surface area contributed by atoms with Gasteiger partial charge >= 0.3 is 0 Å². The van der Waals surface area contributed by atoms with Gasteiger partial charge in [0.1, 0.15) is 0 Å². The molecule has 0 aromatic rings. The third-order valence-corrected chi connectivity index (χ3v) is 2.91. The van der Waals surface area contributed by atoms with Crippen LogP contribution in [0.15, 0.2) is 0 Å². The first-order chi connectivity index (χ1) is 7.21. The van der Waals surface area contributed by atoms with Crippen LogP contribution >= 0.6 is 0 Å². The summed E-state index contributed by atoms with van der Waals surface area (Å²) in [5.74, 6) is 0. The van der Waals surface area contributed by atoms with Crippen molar-refractivity contribution in [3.05, 3.63) is 0 Å². The molecule has 0 heterocycles. The average Bonchev–Trinajstić information content (AvgIpc) is 2.06. The lowest BCUT2D eigenvalue weighted by atomic mass is 10.1. The minimum Gasteiger partial charge on any atom is -1.00 e. The Morgan fingerprint density at radius 2 is 0.667 bits per heavy atom. The molecule has 0 saturated heterocycles. The van der Waals surface area contributed by atoms with Crippen molar-refractivity contribution < 1.29 is 42.9 Å². The smallest absolute Gasteiger partial charge is 0.0780 e. The second-order valence-electron chi connectivity index (χ2n) is 7.15. The van der Waals surface area contributed by atoms with Gasteiger partial charge in [0.2, 0.25) is 0 Å². The highest BCUT2D eigenvalue weighted by Gasteiger charge is 2.06. The van der Waals surface area contributed by atoms with Crippen LogP contribution in [0.25, 0.3) is 0 Å². The molecule has 0 aliphatic carbocycles. The lowest BCUT2D eigenvalue weighted by molar-refractivity contribution is -0.870. The summed E-state index contributed by atoms with van der Waals surface area (Å²) in [6, 6.07) is 0. The molecular weight excluding hydrogens is 356 g/mol. The van der Waals surface area contributed by atoms with Crippen LogP contribution in [0.1, 0.15) is 38.5 Å². The molecule has 114 valence electrons. The minimum atomic E-state index is 0. The molecule has 0 radical (unpaired) electrons. The third-order valence-electron chi connectivity index (χ3n) is 2.91. The molecule has 0 amide bonds. The molecule has 0 aromatic carbocycles. The number of rotatable bonds is 9. The molecule has 0 aliphatic rings. The maximum atomic E-state index is 2.28. The maximum Gasteiger partial charge on any atom is 0.0780 e. The Hall–Kier alpha value is 0.880. The van der Waals surface area contributed by atoms with Crippen molar-refractivity contribution in [3.63, 3.8) is 0 Å². The van der Waals surface area contributed by atoms with Crippen LogP contribution in [0.4, 0.5) is 0 Å². The van der Waals surface area contributed by atoms with Gasteiger partial charge in [-0.1, -0.05) is 12.8 Å². The van der Waals surface area contributed by atoms with E-state index in [1.165, 1.54) is 51.6 Å². The number of halogens is 2. The number of hydrogen-bond donors (Lipinski definition) is 0. The van der Waals surface area contributed by atoms with Gasteiger partial charge in [-0.2, -0.15) is 0 Å². The Kier molecular flexibility index (Phi) is 15.5. The Balaban J connectivity index is -0.00000112. The van der Waals surface area contributed by atoms with Gasteiger partial charge in [-0.25, -0.2) is 0 Å². The molecule has 0 N–H and O–H groups in total. The number of nitrogens with zero attached hydrogens (tertiary/aromatic N) is 2. The van der Waals surface area contributed by atoms with E-state index in [9.17, 15) is 0 Å². The fraction of sp³-hybridized carbons (Fsp3) is 1.00. The Labute approximate surface area is 136 Å². The topological polar surface area (TPSA) is 0 Å². The highest BCUT2D eigenvalue weighted by Crippen LogP contribution is 2.08. The van der Waals surface area contributed by atoms with Crippen LogP contribution in [0, 0.1) is 0 Å². The predicted octanol–water partition coefficient (Wildman–Crippen LogP) is -3.25. The van der Waals surface area contributed by atoms with Gasteiger partial charge < -0.3 is 42.9 Å². The van der Waals surface area contributed by atoms with Gasteiger partial charge in [0.15, 0.2) is 0 Å². The van der Waals surface area contributed by atoms with Crippen molar-refractivity contribution in [2.24, 2.45) is 0 Å². The van der Waals surface area contributed by atoms with Crippen molar-refractivity contribution in [1.82, 2.24) is 0 Å². The monoisotopic (exact) mass is 388 g/mol. The van der Waals surface area contributed by atoms with Crippen LogP contribution in [-0.4, -0.2) is 64.3 Å². The zero-order valence-corrected chi connectivity index (χ0v) is 16.5. The molecule has 0 saturated carbocycles.